The molecule has 2 aromatic rings. The molecule has 1 amide bonds. The monoisotopic (exact) mass is 382 g/mol. The van der Waals surface area contributed by atoms with Gasteiger partial charge in [-0.15, -0.1) is 0 Å². The van der Waals surface area contributed by atoms with Gasteiger partial charge >= 0.3 is 0 Å². The van der Waals surface area contributed by atoms with Crippen LogP contribution in [0, 0.1) is 6.92 Å². The molecule has 0 spiro atoms. The molecule has 1 aromatic heterocycles. The number of aromatic nitrogens is 2. The van der Waals surface area contributed by atoms with E-state index in [9.17, 15) is 4.79 Å². The molecule has 150 valence electrons. The van der Waals surface area contributed by atoms with E-state index in [1.165, 1.54) is 6.42 Å². The summed E-state index contributed by atoms with van der Waals surface area (Å²) in [6.45, 7) is 8.79. The van der Waals surface area contributed by atoms with Gasteiger partial charge in [-0.05, 0) is 64.7 Å². The molecule has 1 unspecified atom stereocenters. The summed E-state index contributed by atoms with van der Waals surface area (Å²) in [6, 6.07) is 9.75. The largest absolute Gasteiger partial charge is 0.489 e. The molecular formula is C22H30N4O2. The number of benzene rings is 1. The molecule has 1 aliphatic heterocycles. The van der Waals surface area contributed by atoms with Crippen LogP contribution in [-0.2, 0) is 0 Å². The van der Waals surface area contributed by atoms with Crippen molar-refractivity contribution in [2.75, 3.05) is 11.9 Å². The highest BCUT2D eigenvalue weighted by Crippen LogP contribution is 2.28. The van der Waals surface area contributed by atoms with Crippen molar-refractivity contribution in [1.82, 2.24) is 14.9 Å². The first-order chi connectivity index (χ1) is 13.5. The van der Waals surface area contributed by atoms with Crippen molar-refractivity contribution in [2.45, 2.75) is 65.5 Å². The van der Waals surface area contributed by atoms with Crippen molar-refractivity contribution in [3.63, 3.8) is 0 Å². The second kappa shape index (κ2) is 9.04. The topological polar surface area (TPSA) is 67.4 Å². The number of aryl methyl sites for hydroxylation is 1. The van der Waals surface area contributed by atoms with Crippen LogP contribution in [0.15, 0.2) is 30.3 Å². The SMILES string of the molecule is CCC1CCCCN1C(=O)c1cc(C)nc(Nc2ccccc2OC(C)C)n1. The lowest BCUT2D eigenvalue weighted by atomic mass is 9.99. The van der Waals surface area contributed by atoms with Gasteiger partial charge in [0.05, 0.1) is 11.8 Å². The fraction of sp³-hybridized carbons (Fsp3) is 0.500. The number of likely N-dealkylation sites (tertiary alicyclic amines) is 1. The van der Waals surface area contributed by atoms with Crippen molar-refractivity contribution < 1.29 is 9.53 Å². The lowest BCUT2D eigenvalue weighted by molar-refractivity contribution is 0.0602. The van der Waals surface area contributed by atoms with Gasteiger partial charge in [0.1, 0.15) is 11.4 Å². The highest BCUT2D eigenvalue weighted by Gasteiger charge is 2.27. The molecular weight excluding hydrogens is 352 g/mol. The van der Waals surface area contributed by atoms with Gasteiger partial charge in [0.15, 0.2) is 0 Å². The van der Waals surface area contributed by atoms with E-state index in [0.717, 1.165) is 42.9 Å². The molecule has 1 aliphatic rings. The molecule has 6 heteroatoms. The quantitative estimate of drug-likeness (QED) is 0.783. The standard InChI is InChI=1S/C22H30N4O2/c1-5-17-10-8-9-13-26(17)21(27)19-14-16(4)23-22(25-19)24-18-11-6-7-12-20(18)28-15(2)3/h6-7,11-12,14-15,17H,5,8-10,13H2,1-4H3,(H,23,24,25). The number of piperidine rings is 1. The van der Waals surface area contributed by atoms with Crippen LogP contribution in [-0.4, -0.2) is 39.5 Å². The predicted molar refractivity (Wildman–Crippen MR) is 111 cm³/mol. The first-order valence-corrected chi connectivity index (χ1v) is 10.2. The Balaban J connectivity index is 1.85. The van der Waals surface area contributed by atoms with E-state index < -0.39 is 0 Å². The van der Waals surface area contributed by atoms with Crippen LogP contribution in [0.3, 0.4) is 0 Å². The summed E-state index contributed by atoms with van der Waals surface area (Å²) in [7, 11) is 0. The van der Waals surface area contributed by atoms with Crippen molar-refractivity contribution in [1.29, 1.82) is 0 Å². The zero-order chi connectivity index (χ0) is 20.1. The summed E-state index contributed by atoms with van der Waals surface area (Å²) in [5.41, 5.74) is 1.98. The van der Waals surface area contributed by atoms with Crippen molar-refractivity contribution in [2.24, 2.45) is 0 Å². The molecule has 1 fully saturated rings. The molecule has 0 aliphatic carbocycles. The van der Waals surface area contributed by atoms with E-state index in [2.05, 4.69) is 22.2 Å². The third-order valence-corrected chi connectivity index (χ3v) is 4.93. The van der Waals surface area contributed by atoms with E-state index in [1.54, 1.807) is 6.07 Å². The van der Waals surface area contributed by atoms with Crippen molar-refractivity contribution >= 4 is 17.5 Å². The molecule has 0 bridgehead atoms. The Kier molecular flexibility index (Phi) is 6.49. The molecule has 0 saturated carbocycles. The number of hydrogen-bond acceptors (Lipinski definition) is 5. The van der Waals surface area contributed by atoms with E-state index in [1.807, 2.05) is 49.9 Å². The number of rotatable bonds is 6. The highest BCUT2D eigenvalue weighted by molar-refractivity contribution is 5.93. The lowest BCUT2D eigenvalue weighted by Crippen LogP contribution is -2.43. The molecule has 6 nitrogen and oxygen atoms in total. The molecule has 2 heterocycles. The summed E-state index contributed by atoms with van der Waals surface area (Å²) in [5, 5.41) is 3.22. The fourth-order valence-corrected chi connectivity index (χ4v) is 3.62. The van der Waals surface area contributed by atoms with Crippen LogP contribution in [0.1, 0.15) is 62.6 Å². The number of ether oxygens (including phenoxy) is 1. The summed E-state index contributed by atoms with van der Waals surface area (Å²) in [5.74, 6) is 1.14. The average Bonchev–Trinajstić information content (AvgIpc) is 2.68. The zero-order valence-electron chi connectivity index (χ0n) is 17.2. The van der Waals surface area contributed by atoms with Crippen LogP contribution >= 0.6 is 0 Å². The normalized spacial score (nSPS) is 16.9. The van der Waals surface area contributed by atoms with Gasteiger partial charge in [0.25, 0.3) is 5.91 Å². The van der Waals surface area contributed by atoms with Crippen LogP contribution < -0.4 is 10.1 Å². The van der Waals surface area contributed by atoms with Gasteiger partial charge in [-0.3, -0.25) is 4.79 Å². The molecule has 0 radical (unpaired) electrons. The first kappa shape index (κ1) is 20.1. The van der Waals surface area contributed by atoms with Crippen LogP contribution in [0.4, 0.5) is 11.6 Å². The smallest absolute Gasteiger partial charge is 0.272 e. The minimum atomic E-state index is -0.00758. The van der Waals surface area contributed by atoms with Crippen molar-refractivity contribution in [3.8, 4) is 5.75 Å². The Labute approximate surface area is 167 Å². The lowest BCUT2D eigenvalue weighted by Gasteiger charge is -2.35. The van der Waals surface area contributed by atoms with Crippen LogP contribution in [0.5, 0.6) is 5.75 Å². The maximum absolute atomic E-state index is 13.1. The van der Waals surface area contributed by atoms with Gasteiger partial charge in [0, 0.05) is 18.3 Å². The third kappa shape index (κ3) is 4.80. The Morgan fingerprint density at radius 2 is 2.07 bits per heavy atom. The summed E-state index contributed by atoms with van der Waals surface area (Å²) < 4.78 is 5.86. The molecule has 1 aromatic carbocycles. The second-order valence-corrected chi connectivity index (χ2v) is 7.56. The van der Waals surface area contributed by atoms with Crippen molar-refractivity contribution in [3.05, 3.63) is 41.7 Å². The van der Waals surface area contributed by atoms with Gasteiger partial charge in [0.2, 0.25) is 5.95 Å². The zero-order valence-corrected chi connectivity index (χ0v) is 17.2. The third-order valence-electron chi connectivity index (χ3n) is 4.93. The Bertz CT molecular complexity index is 822. The van der Waals surface area contributed by atoms with E-state index in [4.69, 9.17) is 4.74 Å². The number of carbonyl (C=O) groups is 1. The van der Waals surface area contributed by atoms with E-state index in [0.29, 0.717) is 17.7 Å². The Hall–Kier alpha value is -2.63. The van der Waals surface area contributed by atoms with Gasteiger partial charge < -0.3 is 15.0 Å². The summed E-state index contributed by atoms with van der Waals surface area (Å²) in [6.07, 6.45) is 4.34. The van der Waals surface area contributed by atoms with Gasteiger partial charge in [-0.2, -0.15) is 0 Å². The van der Waals surface area contributed by atoms with Gasteiger partial charge in [-0.25, -0.2) is 9.97 Å². The van der Waals surface area contributed by atoms with E-state index in [-0.39, 0.29) is 12.0 Å². The molecule has 1 N–H and O–H groups in total. The maximum atomic E-state index is 13.1. The molecule has 1 atom stereocenters. The number of para-hydroxylation sites is 2. The number of carbonyl (C=O) groups excluding carboxylic acids is 1. The summed E-state index contributed by atoms with van der Waals surface area (Å²) >= 11 is 0. The minimum Gasteiger partial charge on any atom is -0.489 e. The van der Waals surface area contributed by atoms with Crippen LogP contribution in [0.2, 0.25) is 0 Å². The molecule has 1 saturated heterocycles. The Morgan fingerprint density at radius 3 is 2.82 bits per heavy atom. The highest BCUT2D eigenvalue weighted by atomic mass is 16.5. The predicted octanol–water partition coefficient (Wildman–Crippen LogP) is 4.72. The number of amides is 1. The first-order valence-electron chi connectivity index (χ1n) is 10.2. The molecule has 28 heavy (non-hydrogen) atoms. The molecule has 3 rings (SSSR count). The second-order valence-electron chi connectivity index (χ2n) is 7.56. The van der Waals surface area contributed by atoms with Gasteiger partial charge in [-0.1, -0.05) is 19.1 Å². The summed E-state index contributed by atoms with van der Waals surface area (Å²) in [4.78, 5) is 24.1. The number of nitrogens with zero attached hydrogens (tertiary/aromatic N) is 3. The fourth-order valence-electron chi connectivity index (χ4n) is 3.62. The average molecular weight is 383 g/mol. The number of nitrogens with one attached hydrogen (secondary N) is 1. The van der Waals surface area contributed by atoms with E-state index >= 15 is 0 Å². The Morgan fingerprint density at radius 1 is 1.29 bits per heavy atom. The number of hydrogen-bond donors (Lipinski definition) is 1. The maximum Gasteiger partial charge on any atom is 0.272 e. The van der Waals surface area contributed by atoms with Crippen LogP contribution in [0.25, 0.3) is 0 Å². The minimum absolute atomic E-state index is 0.00758. The number of anilines is 2.